The molecule has 3 aromatic rings. The van der Waals surface area contributed by atoms with E-state index in [0.717, 1.165) is 0 Å². The number of hydrogen-bond acceptors (Lipinski definition) is 7. The summed E-state index contributed by atoms with van der Waals surface area (Å²) in [5.74, 6) is -0.318. The predicted octanol–water partition coefficient (Wildman–Crippen LogP) is 0.876. The van der Waals surface area contributed by atoms with E-state index in [9.17, 15) is 10.1 Å². The molecule has 0 spiro atoms. The molecule has 8 nitrogen and oxygen atoms in total. The highest BCUT2D eigenvalue weighted by Crippen LogP contribution is 2.19. The molecular formula is C9H4N6O2. The lowest BCUT2D eigenvalue weighted by molar-refractivity contribution is -0.390. The maximum atomic E-state index is 10.6. The van der Waals surface area contributed by atoms with Gasteiger partial charge in [-0.25, -0.2) is 0 Å². The van der Waals surface area contributed by atoms with E-state index in [1.165, 1.54) is 6.07 Å². The molecule has 0 saturated heterocycles. The van der Waals surface area contributed by atoms with Gasteiger partial charge in [-0.15, -0.1) is 10.2 Å². The monoisotopic (exact) mass is 228 g/mol. The predicted molar refractivity (Wildman–Crippen MR) is 57.1 cm³/mol. The molecular weight excluding hydrogens is 224 g/mol. The minimum atomic E-state index is -0.599. The van der Waals surface area contributed by atoms with Crippen LogP contribution in [0, 0.1) is 10.1 Å². The fraction of sp³-hybridized carbons (Fsp3) is 0. The topological polar surface area (TPSA) is 108 Å². The van der Waals surface area contributed by atoms with Gasteiger partial charge in [0.2, 0.25) is 0 Å². The van der Waals surface area contributed by atoms with Gasteiger partial charge in [-0.05, 0) is 27.4 Å². The Morgan fingerprint density at radius 1 is 0.941 bits per heavy atom. The van der Waals surface area contributed by atoms with Gasteiger partial charge in [-0.1, -0.05) is 6.07 Å². The lowest BCUT2D eigenvalue weighted by atomic mass is 10.2. The van der Waals surface area contributed by atoms with Gasteiger partial charge in [0.05, 0.1) is 5.10 Å². The van der Waals surface area contributed by atoms with E-state index < -0.39 is 4.92 Å². The summed E-state index contributed by atoms with van der Waals surface area (Å²) in [6.45, 7) is 0. The molecule has 0 N–H and O–H groups in total. The van der Waals surface area contributed by atoms with Gasteiger partial charge in [0.25, 0.3) is 0 Å². The molecule has 0 unspecified atom stereocenters. The SMILES string of the molecule is O=[N+]([O-])c1ccc2ccc3nnnc3c2nn1. The van der Waals surface area contributed by atoms with Crippen LogP contribution in [0.4, 0.5) is 5.82 Å². The third kappa shape index (κ3) is 1.42. The zero-order chi connectivity index (χ0) is 11.8. The van der Waals surface area contributed by atoms with Crippen LogP contribution in [0.5, 0.6) is 0 Å². The van der Waals surface area contributed by atoms with Crippen molar-refractivity contribution in [3.63, 3.8) is 0 Å². The number of nitro groups is 1. The zero-order valence-corrected chi connectivity index (χ0v) is 8.31. The molecule has 2 aromatic heterocycles. The summed E-state index contributed by atoms with van der Waals surface area (Å²) in [7, 11) is 0. The Hall–Kier alpha value is -2.77. The molecule has 0 aliphatic carbocycles. The van der Waals surface area contributed by atoms with Crippen molar-refractivity contribution in [2.75, 3.05) is 0 Å². The van der Waals surface area contributed by atoms with E-state index >= 15 is 0 Å². The fourth-order valence-electron chi connectivity index (χ4n) is 1.51. The first kappa shape index (κ1) is 9.46. The van der Waals surface area contributed by atoms with Crippen molar-refractivity contribution < 1.29 is 4.92 Å². The highest BCUT2D eigenvalue weighted by atomic mass is 16.6. The van der Waals surface area contributed by atoms with Crippen LogP contribution >= 0.6 is 0 Å². The standard InChI is InChI=1S/C9H4N6O2/c16-15(17)7-4-2-5-1-3-6-9(13-14-10-6)8(5)12-11-7/h1-4H. The number of nitrogens with zero attached hydrogens (tertiary/aromatic N) is 6. The van der Waals surface area contributed by atoms with Crippen LogP contribution in [-0.2, 0) is 0 Å². The Kier molecular flexibility index (Phi) is 1.87. The van der Waals surface area contributed by atoms with E-state index in [1.54, 1.807) is 18.2 Å². The van der Waals surface area contributed by atoms with Crippen LogP contribution in [0.1, 0.15) is 0 Å². The molecule has 8 heteroatoms. The largest absolute Gasteiger partial charge is 0.390 e. The average molecular weight is 228 g/mol. The van der Waals surface area contributed by atoms with Crippen LogP contribution in [-0.4, -0.2) is 30.5 Å². The van der Waals surface area contributed by atoms with Crippen molar-refractivity contribution in [2.45, 2.75) is 0 Å². The number of hydrogen-bond donors (Lipinski definition) is 0. The number of benzene rings is 1. The molecule has 0 saturated carbocycles. The smallest absolute Gasteiger partial charge is 0.358 e. The molecule has 17 heavy (non-hydrogen) atoms. The number of aromatic nitrogens is 5. The van der Waals surface area contributed by atoms with Gasteiger partial charge < -0.3 is 10.1 Å². The third-order valence-corrected chi connectivity index (χ3v) is 2.31. The molecule has 0 aliphatic rings. The van der Waals surface area contributed by atoms with E-state index in [4.69, 9.17) is 0 Å². The van der Waals surface area contributed by atoms with Crippen molar-refractivity contribution in [3.05, 3.63) is 34.4 Å². The van der Waals surface area contributed by atoms with Crippen molar-refractivity contribution in [1.29, 1.82) is 0 Å². The Morgan fingerprint density at radius 2 is 1.76 bits per heavy atom. The normalized spacial score (nSPS) is 10.8. The highest BCUT2D eigenvalue weighted by Gasteiger charge is 2.10. The minimum Gasteiger partial charge on any atom is -0.358 e. The van der Waals surface area contributed by atoms with Crippen molar-refractivity contribution in [2.24, 2.45) is 0 Å². The Bertz CT molecular complexity index is 744. The molecule has 0 fully saturated rings. The Labute approximate surface area is 93.5 Å². The van der Waals surface area contributed by atoms with Gasteiger partial charge in [0, 0.05) is 11.5 Å². The average Bonchev–Trinajstić information content (AvgIpc) is 2.67. The summed E-state index contributed by atoms with van der Waals surface area (Å²) in [6, 6.07) is 6.34. The Morgan fingerprint density at radius 3 is 2.59 bits per heavy atom. The summed E-state index contributed by atoms with van der Waals surface area (Å²) >= 11 is 0. The quantitative estimate of drug-likeness (QED) is 0.449. The molecule has 3 rings (SSSR count). The van der Waals surface area contributed by atoms with Crippen molar-refractivity contribution in [3.8, 4) is 0 Å². The van der Waals surface area contributed by atoms with Gasteiger partial charge in [-0.3, -0.25) is 0 Å². The summed E-state index contributed by atoms with van der Waals surface area (Å²) in [6.07, 6.45) is 0. The molecule has 2 heterocycles. The van der Waals surface area contributed by atoms with Crippen molar-refractivity contribution in [1.82, 2.24) is 25.6 Å². The second kappa shape index (κ2) is 3.37. The molecule has 1 aromatic carbocycles. The van der Waals surface area contributed by atoms with Crippen LogP contribution in [0.25, 0.3) is 21.9 Å². The van der Waals surface area contributed by atoms with E-state index in [2.05, 4.69) is 25.6 Å². The molecule has 0 radical (unpaired) electrons. The van der Waals surface area contributed by atoms with E-state index in [1.807, 2.05) is 0 Å². The lowest BCUT2D eigenvalue weighted by Crippen LogP contribution is -1.89. The number of rotatable bonds is 1. The van der Waals surface area contributed by atoms with E-state index in [-0.39, 0.29) is 5.82 Å². The lowest BCUT2D eigenvalue weighted by Gasteiger charge is -1.87. The summed E-state index contributed by atoms with van der Waals surface area (Å²) in [4.78, 5) is 10.00. The second-order valence-corrected chi connectivity index (χ2v) is 3.31. The van der Waals surface area contributed by atoms with Crippen LogP contribution in [0.2, 0.25) is 0 Å². The van der Waals surface area contributed by atoms with Crippen LogP contribution < -0.4 is 0 Å². The molecule has 0 bridgehead atoms. The summed E-state index contributed by atoms with van der Waals surface area (Å²) < 4.78 is 0. The first-order valence-corrected chi connectivity index (χ1v) is 4.65. The number of fused-ring (bicyclic) bond motifs is 3. The van der Waals surface area contributed by atoms with Crippen molar-refractivity contribution >= 4 is 27.8 Å². The fourth-order valence-corrected chi connectivity index (χ4v) is 1.51. The third-order valence-electron chi connectivity index (χ3n) is 2.31. The highest BCUT2D eigenvalue weighted by molar-refractivity contribution is 6.00. The van der Waals surface area contributed by atoms with Gasteiger partial charge >= 0.3 is 5.82 Å². The molecule has 82 valence electrons. The van der Waals surface area contributed by atoms with Gasteiger partial charge in [0.15, 0.2) is 0 Å². The van der Waals surface area contributed by atoms with E-state index in [0.29, 0.717) is 21.9 Å². The minimum absolute atomic E-state index is 0.318. The first-order valence-electron chi connectivity index (χ1n) is 4.65. The second-order valence-electron chi connectivity index (χ2n) is 3.31. The van der Waals surface area contributed by atoms with Crippen LogP contribution in [0.15, 0.2) is 24.3 Å². The summed E-state index contributed by atoms with van der Waals surface area (Å²) in [5.41, 5.74) is 1.52. The molecule has 0 aliphatic heterocycles. The first-order chi connectivity index (χ1) is 8.25. The van der Waals surface area contributed by atoms with Gasteiger partial charge in [0.1, 0.15) is 16.6 Å². The summed E-state index contributed by atoms with van der Waals surface area (Å²) in [5, 5.41) is 29.8. The zero-order valence-electron chi connectivity index (χ0n) is 8.31. The van der Waals surface area contributed by atoms with Crippen LogP contribution in [0.3, 0.4) is 0 Å². The maximum absolute atomic E-state index is 10.6. The Balaban J connectivity index is 2.44. The molecule has 0 amide bonds. The maximum Gasteiger partial charge on any atom is 0.390 e. The van der Waals surface area contributed by atoms with Gasteiger partial charge in [-0.2, -0.15) is 0 Å². The molecule has 0 atom stereocenters.